The van der Waals surface area contributed by atoms with Gasteiger partial charge in [0.05, 0.1) is 5.52 Å². The molecule has 0 saturated heterocycles. The van der Waals surface area contributed by atoms with Crippen LogP contribution in [0.25, 0.3) is 10.9 Å². The Kier molecular flexibility index (Phi) is 6.83. The largest absolute Gasteiger partial charge is 0.382 e. The van der Waals surface area contributed by atoms with E-state index in [-0.39, 0.29) is 17.4 Å². The summed E-state index contributed by atoms with van der Waals surface area (Å²) in [6, 6.07) is 17.1. The van der Waals surface area contributed by atoms with Gasteiger partial charge in [-0.3, -0.25) is 9.78 Å². The Balaban J connectivity index is 1.40. The highest BCUT2D eigenvalue weighted by atomic mass is 16.1. The van der Waals surface area contributed by atoms with Crippen molar-refractivity contribution in [2.45, 2.75) is 70.9 Å². The van der Waals surface area contributed by atoms with Crippen LogP contribution in [0, 0.1) is 6.92 Å². The van der Waals surface area contributed by atoms with Gasteiger partial charge in [-0.1, -0.05) is 39.0 Å². The zero-order valence-corrected chi connectivity index (χ0v) is 21.4. The second kappa shape index (κ2) is 9.65. The predicted octanol–water partition coefficient (Wildman–Crippen LogP) is 6.06. The lowest BCUT2D eigenvalue weighted by Gasteiger charge is -2.31. The average molecular weight is 459 g/mol. The van der Waals surface area contributed by atoms with Gasteiger partial charge in [0.1, 0.15) is 0 Å². The van der Waals surface area contributed by atoms with Gasteiger partial charge in [0, 0.05) is 59.6 Å². The molecule has 180 valence electrons. The zero-order valence-electron chi connectivity index (χ0n) is 21.4. The maximum Gasteiger partial charge on any atom is 0.251 e. The molecule has 5 heteroatoms. The Morgan fingerprint density at radius 2 is 1.65 bits per heavy atom. The second-order valence-corrected chi connectivity index (χ2v) is 10.9. The number of nitrogens with zero attached hydrogens (tertiary/aromatic N) is 2. The average Bonchev–Trinajstić information content (AvgIpc) is 2.79. The molecule has 0 aliphatic heterocycles. The van der Waals surface area contributed by atoms with Crippen LogP contribution in [0.2, 0.25) is 0 Å². The quantitative estimate of drug-likeness (QED) is 0.488. The highest BCUT2D eigenvalue weighted by Gasteiger charge is 2.24. The standard InChI is InChI=1S/C29H38N4O/c1-19-17-20(11-16-26(19)33(5)6)28(34)31-22-14-12-21(13-15-22)30-25-18-27(29(2,3)4)32-24-10-8-7-9-23(24)25/h7-11,16-18,21-22H,12-15H2,1-6H3,(H,30,32)(H,31,34). The molecule has 1 saturated carbocycles. The minimum atomic E-state index is -0.00843. The van der Waals surface area contributed by atoms with Crippen molar-refractivity contribution >= 4 is 28.2 Å². The fourth-order valence-corrected chi connectivity index (χ4v) is 4.85. The van der Waals surface area contributed by atoms with Crippen LogP contribution in [0.15, 0.2) is 48.5 Å². The molecule has 0 atom stereocenters. The third kappa shape index (κ3) is 5.35. The van der Waals surface area contributed by atoms with Crippen molar-refractivity contribution in [2.75, 3.05) is 24.3 Å². The Morgan fingerprint density at radius 1 is 0.971 bits per heavy atom. The van der Waals surface area contributed by atoms with Crippen molar-refractivity contribution in [3.8, 4) is 0 Å². The Labute approximate surface area is 204 Å². The fourth-order valence-electron chi connectivity index (χ4n) is 4.85. The Hall–Kier alpha value is -3.08. The number of benzene rings is 2. The summed E-state index contributed by atoms with van der Waals surface area (Å²) in [5, 5.41) is 8.24. The molecule has 4 rings (SSSR count). The van der Waals surface area contributed by atoms with E-state index in [1.807, 2.05) is 32.3 Å². The number of hydrogen-bond donors (Lipinski definition) is 2. The monoisotopic (exact) mass is 458 g/mol. The third-order valence-electron chi connectivity index (χ3n) is 6.85. The smallest absolute Gasteiger partial charge is 0.251 e. The van der Waals surface area contributed by atoms with Crippen LogP contribution < -0.4 is 15.5 Å². The van der Waals surface area contributed by atoms with Crippen LogP contribution in [0.5, 0.6) is 0 Å². The van der Waals surface area contributed by atoms with Crippen LogP contribution in [-0.2, 0) is 5.41 Å². The molecular weight excluding hydrogens is 420 g/mol. The van der Waals surface area contributed by atoms with E-state index < -0.39 is 0 Å². The van der Waals surface area contributed by atoms with E-state index in [0.717, 1.165) is 53.7 Å². The summed E-state index contributed by atoms with van der Waals surface area (Å²) in [4.78, 5) is 19.8. The van der Waals surface area contributed by atoms with E-state index in [0.29, 0.717) is 6.04 Å². The van der Waals surface area contributed by atoms with Gasteiger partial charge in [-0.05, 0) is 68.5 Å². The van der Waals surface area contributed by atoms with E-state index in [4.69, 9.17) is 4.98 Å². The first kappa shape index (κ1) is 24.1. The van der Waals surface area contributed by atoms with Crippen molar-refractivity contribution in [1.82, 2.24) is 10.3 Å². The number of aromatic nitrogens is 1. The molecule has 2 aromatic carbocycles. The van der Waals surface area contributed by atoms with Gasteiger partial charge < -0.3 is 15.5 Å². The topological polar surface area (TPSA) is 57.3 Å². The summed E-state index contributed by atoms with van der Waals surface area (Å²) in [6.45, 7) is 8.67. The van der Waals surface area contributed by atoms with Gasteiger partial charge in [0.25, 0.3) is 5.91 Å². The molecule has 3 aromatic rings. The molecule has 1 aromatic heterocycles. The van der Waals surface area contributed by atoms with Gasteiger partial charge >= 0.3 is 0 Å². The fraction of sp³-hybridized carbons (Fsp3) is 0.448. The molecule has 5 nitrogen and oxygen atoms in total. The molecule has 34 heavy (non-hydrogen) atoms. The number of hydrogen-bond acceptors (Lipinski definition) is 4. The molecule has 1 amide bonds. The zero-order chi connectivity index (χ0) is 24.5. The minimum Gasteiger partial charge on any atom is -0.382 e. The lowest BCUT2D eigenvalue weighted by atomic mass is 9.89. The first-order valence-corrected chi connectivity index (χ1v) is 12.4. The van der Waals surface area contributed by atoms with Crippen LogP contribution in [0.4, 0.5) is 11.4 Å². The molecule has 0 unspecified atom stereocenters. The van der Waals surface area contributed by atoms with Gasteiger partial charge in [0.2, 0.25) is 0 Å². The third-order valence-corrected chi connectivity index (χ3v) is 6.85. The number of rotatable bonds is 5. The maximum atomic E-state index is 12.8. The van der Waals surface area contributed by atoms with Crippen LogP contribution in [0.3, 0.4) is 0 Å². The molecule has 1 heterocycles. The van der Waals surface area contributed by atoms with Crippen molar-refractivity contribution in [2.24, 2.45) is 0 Å². The summed E-state index contributed by atoms with van der Waals surface area (Å²) in [5.41, 5.74) is 6.29. The summed E-state index contributed by atoms with van der Waals surface area (Å²) >= 11 is 0. The van der Waals surface area contributed by atoms with E-state index in [1.165, 1.54) is 11.1 Å². The number of nitrogens with one attached hydrogen (secondary N) is 2. The van der Waals surface area contributed by atoms with Crippen molar-refractivity contribution in [3.63, 3.8) is 0 Å². The summed E-state index contributed by atoms with van der Waals surface area (Å²) in [7, 11) is 4.04. The molecule has 1 fully saturated rings. The number of aryl methyl sites for hydroxylation is 1. The first-order valence-electron chi connectivity index (χ1n) is 12.4. The van der Waals surface area contributed by atoms with E-state index >= 15 is 0 Å². The Morgan fingerprint density at radius 3 is 2.29 bits per heavy atom. The van der Waals surface area contributed by atoms with Crippen LogP contribution in [-0.4, -0.2) is 37.1 Å². The molecule has 2 N–H and O–H groups in total. The molecule has 0 spiro atoms. The van der Waals surface area contributed by atoms with Crippen molar-refractivity contribution in [3.05, 3.63) is 65.4 Å². The molecule has 0 radical (unpaired) electrons. The highest BCUT2D eigenvalue weighted by Crippen LogP contribution is 2.31. The highest BCUT2D eigenvalue weighted by molar-refractivity contribution is 5.95. The summed E-state index contributed by atoms with van der Waals surface area (Å²) in [6.07, 6.45) is 4.02. The molecule has 0 bridgehead atoms. The van der Waals surface area contributed by atoms with E-state index in [9.17, 15) is 4.79 Å². The number of fused-ring (bicyclic) bond motifs is 1. The number of amides is 1. The normalized spacial score (nSPS) is 18.5. The lowest BCUT2D eigenvalue weighted by Crippen LogP contribution is -2.40. The second-order valence-electron chi connectivity index (χ2n) is 10.9. The van der Waals surface area contributed by atoms with E-state index in [2.05, 4.69) is 73.6 Å². The summed E-state index contributed by atoms with van der Waals surface area (Å²) < 4.78 is 0. The van der Waals surface area contributed by atoms with Crippen molar-refractivity contribution in [1.29, 1.82) is 0 Å². The van der Waals surface area contributed by atoms with Crippen molar-refractivity contribution < 1.29 is 4.79 Å². The minimum absolute atomic E-state index is 0.00843. The number of carbonyl (C=O) groups is 1. The van der Waals surface area contributed by atoms with E-state index in [1.54, 1.807) is 0 Å². The number of anilines is 2. The Bertz CT molecular complexity index is 1170. The number of pyridine rings is 1. The van der Waals surface area contributed by atoms with Crippen LogP contribution >= 0.6 is 0 Å². The predicted molar refractivity (Wildman–Crippen MR) is 143 cm³/mol. The number of para-hydroxylation sites is 1. The van der Waals surface area contributed by atoms with Crippen LogP contribution in [0.1, 0.15) is 68.1 Å². The SMILES string of the molecule is Cc1cc(C(=O)NC2CCC(Nc3cc(C(C)(C)C)nc4ccccc34)CC2)ccc1N(C)C. The van der Waals surface area contributed by atoms with Gasteiger partial charge in [-0.15, -0.1) is 0 Å². The first-order chi connectivity index (χ1) is 16.1. The van der Waals surface area contributed by atoms with Gasteiger partial charge in [0.15, 0.2) is 0 Å². The van der Waals surface area contributed by atoms with Gasteiger partial charge in [-0.25, -0.2) is 0 Å². The summed E-state index contributed by atoms with van der Waals surface area (Å²) in [5.74, 6) is 0.0276. The number of carbonyl (C=O) groups excluding carboxylic acids is 1. The maximum absolute atomic E-state index is 12.8. The molecular formula is C29H38N4O. The molecule has 1 aliphatic carbocycles. The van der Waals surface area contributed by atoms with Gasteiger partial charge in [-0.2, -0.15) is 0 Å². The lowest BCUT2D eigenvalue weighted by molar-refractivity contribution is 0.0926. The molecule has 1 aliphatic rings.